The molecule has 2 aliphatic rings. The predicted molar refractivity (Wildman–Crippen MR) is 97.9 cm³/mol. The summed E-state index contributed by atoms with van der Waals surface area (Å²) in [5.74, 6) is -0.105. The van der Waals surface area contributed by atoms with Crippen LogP contribution in [0.1, 0.15) is 11.7 Å². The van der Waals surface area contributed by atoms with Crippen LogP contribution in [0.2, 0.25) is 0 Å². The van der Waals surface area contributed by atoms with Crippen LogP contribution in [0, 0.1) is 11.3 Å². The maximum absolute atomic E-state index is 10.2. The summed E-state index contributed by atoms with van der Waals surface area (Å²) in [4.78, 5) is 0. The molecule has 1 aromatic carbocycles. The molecule has 0 bridgehead atoms. The lowest BCUT2D eigenvalue weighted by atomic mass is 9.99. The van der Waals surface area contributed by atoms with Crippen LogP contribution in [-0.4, -0.2) is 104 Å². The number of aromatic hydroxyl groups is 1. The highest BCUT2D eigenvalue weighted by molar-refractivity contribution is 5.31. The van der Waals surface area contributed by atoms with Crippen molar-refractivity contribution in [2.45, 2.75) is 61.4 Å². The lowest BCUT2D eigenvalue weighted by Gasteiger charge is -2.41. The molecule has 0 saturated carbocycles. The fourth-order valence-corrected chi connectivity index (χ4v) is 3.29. The molecule has 172 valence electrons. The van der Waals surface area contributed by atoms with Gasteiger partial charge in [0.15, 0.2) is 18.7 Å². The summed E-state index contributed by atoms with van der Waals surface area (Å²) in [5, 5.41) is 78.6. The van der Waals surface area contributed by atoms with Crippen molar-refractivity contribution in [3.8, 4) is 11.8 Å². The van der Waals surface area contributed by atoms with Gasteiger partial charge < -0.3 is 54.7 Å². The Balaban J connectivity index is 1.65. The molecule has 31 heavy (non-hydrogen) atoms. The van der Waals surface area contributed by atoms with E-state index in [4.69, 9.17) is 18.9 Å². The molecule has 3 rings (SSSR count). The van der Waals surface area contributed by atoms with Crippen molar-refractivity contribution >= 4 is 0 Å². The number of phenolic OH excluding ortho intramolecular Hbond substituents is 1. The molecular formula is C19H25NO11. The van der Waals surface area contributed by atoms with Crippen LogP contribution in [0.5, 0.6) is 5.75 Å². The fraction of sp³-hybridized carbons (Fsp3) is 0.632. The number of phenols is 1. The molecule has 0 spiro atoms. The first kappa shape index (κ1) is 23.8. The van der Waals surface area contributed by atoms with E-state index >= 15 is 0 Å². The summed E-state index contributed by atoms with van der Waals surface area (Å²) in [5.41, 5.74) is 0.276. The Morgan fingerprint density at radius 2 is 1.71 bits per heavy atom. The number of aliphatic hydroxyl groups is 6. The number of nitriles is 1. The zero-order valence-electron chi connectivity index (χ0n) is 16.2. The number of nitrogens with zero attached hydrogens (tertiary/aromatic N) is 1. The molecule has 7 N–H and O–H groups in total. The summed E-state index contributed by atoms with van der Waals surface area (Å²) in [6.45, 7) is -0.740. The Hall–Kier alpha value is -1.89. The summed E-state index contributed by atoms with van der Waals surface area (Å²) in [6, 6.07) is 7.54. The molecule has 12 heteroatoms. The van der Waals surface area contributed by atoms with E-state index in [9.17, 15) is 41.0 Å². The van der Waals surface area contributed by atoms with Gasteiger partial charge in [-0.05, 0) is 17.7 Å². The van der Waals surface area contributed by atoms with Gasteiger partial charge in [0.2, 0.25) is 0 Å². The first-order valence-corrected chi connectivity index (χ1v) is 9.54. The molecule has 2 saturated heterocycles. The maximum atomic E-state index is 10.2. The Kier molecular flexibility index (Phi) is 7.78. The number of hydrogen-bond donors (Lipinski definition) is 7. The number of benzene rings is 1. The summed E-state index contributed by atoms with van der Waals surface area (Å²) in [6.07, 6.45) is -14.8. The average Bonchev–Trinajstić information content (AvgIpc) is 2.76. The molecule has 0 aromatic heterocycles. The number of rotatable bonds is 6. The first-order valence-electron chi connectivity index (χ1n) is 9.54. The summed E-state index contributed by atoms with van der Waals surface area (Å²) in [7, 11) is 0. The van der Waals surface area contributed by atoms with E-state index in [0.29, 0.717) is 0 Å². The molecule has 0 unspecified atom stereocenters. The molecule has 10 atom stereocenters. The highest BCUT2D eigenvalue weighted by Crippen LogP contribution is 2.29. The Bertz CT molecular complexity index is 773. The highest BCUT2D eigenvalue weighted by atomic mass is 16.7. The maximum Gasteiger partial charge on any atom is 0.188 e. The molecular weight excluding hydrogens is 418 g/mol. The monoisotopic (exact) mass is 443 g/mol. The van der Waals surface area contributed by atoms with Crippen molar-refractivity contribution in [1.29, 1.82) is 5.26 Å². The SMILES string of the molecule is N#C[C@@H](O[C@H]1O[C@H](CO[C@@H]2OC[C@@H](O)[C@@H](O)[C@@H]2O)[C@H](O)[C@H](O)[C@@H]1O)c1cccc(O)c1. The van der Waals surface area contributed by atoms with E-state index in [-0.39, 0.29) is 17.9 Å². The van der Waals surface area contributed by atoms with E-state index in [1.807, 2.05) is 6.07 Å². The predicted octanol–water partition coefficient (Wildman–Crippen LogP) is -2.76. The van der Waals surface area contributed by atoms with Gasteiger partial charge in [0.05, 0.1) is 19.3 Å². The molecule has 2 heterocycles. The second-order valence-electron chi connectivity index (χ2n) is 7.34. The van der Waals surface area contributed by atoms with Gasteiger partial charge in [-0.1, -0.05) is 12.1 Å². The summed E-state index contributed by atoms with van der Waals surface area (Å²) < 4.78 is 21.3. The van der Waals surface area contributed by atoms with Gasteiger partial charge >= 0.3 is 0 Å². The van der Waals surface area contributed by atoms with Crippen LogP contribution in [0.15, 0.2) is 24.3 Å². The number of hydrogen-bond acceptors (Lipinski definition) is 12. The first-order chi connectivity index (χ1) is 14.7. The normalized spacial score (nSPS) is 39.6. The average molecular weight is 443 g/mol. The summed E-state index contributed by atoms with van der Waals surface area (Å²) >= 11 is 0. The van der Waals surface area contributed by atoms with Crippen LogP contribution in [0.3, 0.4) is 0 Å². The van der Waals surface area contributed by atoms with Gasteiger partial charge in [-0.3, -0.25) is 0 Å². The van der Waals surface area contributed by atoms with Gasteiger partial charge in [-0.15, -0.1) is 0 Å². The van der Waals surface area contributed by atoms with Gasteiger partial charge in [0.1, 0.15) is 48.5 Å². The third kappa shape index (κ3) is 5.30. The van der Waals surface area contributed by atoms with Crippen molar-refractivity contribution in [1.82, 2.24) is 0 Å². The van der Waals surface area contributed by atoms with E-state index in [1.165, 1.54) is 24.3 Å². The lowest BCUT2D eigenvalue weighted by molar-refractivity contribution is -0.325. The fourth-order valence-electron chi connectivity index (χ4n) is 3.29. The lowest BCUT2D eigenvalue weighted by Crippen LogP contribution is -2.60. The van der Waals surface area contributed by atoms with E-state index < -0.39 is 68.0 Å². The topological polar surface area (TPSA) is 202 Å². The van der Waals surface area contributed by atoms with Crippen LogP contribution in [0.25, 0.3) is 0 Å². The smallest absolute Gasteiger partial charge is 0.188 e. The molecule has 2 fully saturated rings. The molecule has 1 aromatic rings. The van der Waals surface area contributed by atoms with Crippen molar-refractivity contribution in [2.75, 3.05) is 13.2 Å². The molecule has 0 aliphatic carbocycles. The van der Waals surface area contributed by atoms with E-state index in [1.54, 1.807) is 0 Å². The van der Waals surface area contributed by atoms with E-state index in [2.05, 4.69) is 0 Å². The Morgan fingerprint density at radius 3 is 2.39 bits per heavy atom. The molecule has 0 amide bonds. The number of ether oxygens (including phenoxy) is 4. The van der Waals surface area contributed by atoms with E-state index in [0.717, 1.165) is 0 Å². The van der Waals surface area contributed by atoms with Crippen LogP contribution >= 0.6 is 0 Å². The second-order valence-corrected chi connectivity index (χ2v) is 7.34. The Morgan fingerprint density at radius 1 is 1.00 bits per heavy atom. The molecule has 2 aliphatic heterocycles. The van der Waals surface area contributed by atoms with Crippen molar-refractivity contribution < 1.29 is 54.7 Å². The highest BCUT2D eigenvalue weighted by Gasteiger charge is 2.46. The number of aliphatic hydroxyl groups excluding tert-OH is 6. The van der Waals surface area contributed by atoms with Gasteiger partial charge in [0.25, 0.3) is 0 Å². The van der Waals surface area contributed by atoms with Gasteiger partial charge in [0, 0.05) is 0 Å². The minimum atomic E-state index is -1.71. The van der Waals surface area contributed by atoms with Crippen molar-refractivity contribution in [2.24, 2.45) is 0 Å². The Labute approximate surface area is 177 Å². The quantitative estimate of drug-likeness (QED) is 0.239. The zero-order valence-corrected chi connectivity index (χ0v) is 16.2. The minimum Gasteiger partial charge on any atom is -0.508 e. The third-order valence-corrected chi connectivity index (χ3v) is 5.11. The van der Waals surface area contributed by atoms with Crippen LogP contribution in [0.4, 0.5) is 0 Å². The largest absolute Gasteiger partial charge is 0.508 e. The van der Waals surface area contributed by atoms with Crippen molar-refractivity contribution in [3.63, 3.8) is 0 Å². The zero-order chi connectivity index (χ0) is 22.7. The molecule has 0 radical (unpaired) electrons. The van der Waals surface area contributed by atoms with Crippen LogP contribution < -0.4 is 0 Å². The van der Waals surface area contributed by atoms with Gasteiger partial charge in [-0.25, -0.2) is 0 Å². The third-order valence-electron chi connectivity index (χ3n) is 5.11. The standard InChI is InChI=1S/C19H25NO11/c20-5-11(8-2-1-3-9(21)4-8)30-19-17(27)15(25)14(24)12(31-19)7-29-18-16(26)13(23)10(22)6-28-18/h1-4,10-19,21-27H,6-7H2/t10-,11-,12-,13-,14+,15+,16+,17+,18+,19+/m1/s1. The molecule has 12 nitrogen and oxygen atoms in total. The minimum absolute atomic E-state index is 0.105. The second kappa shape index (κ2) is 10.2. The van der Waals surface area contributed by atoms with Crippen molar-refractivity contribution in [3.05, 3.63) is 29.8 Å². The van der Waals surface area contributed by atoms with Crippen LogP contribution in [-0.2, 0) is 18.9 Å². The van der Waals surface area contributed by atoms with Gasteiger partial charge in [-0.2, -0.15) is 5.26 Å².